The highest BCUT2D eigenvalue weighted by atomic mass is 31.0. The molecule has 1 aliphatic rings. The second-order valence-corrected chi connectivity index (χ2v) is 3.62. The van der Waals surface area contributed by atoms with Crippen molar-refractivity contribution in [2.75, 3.05) is 0 Å². The van der Waals surface area contributed by atoms with Gasteiger partial charge in [-0.3, -0.25) is 0 Å². The lowest BCUT2D eigenvalue weighted by Gasteiger charge is -2.28. The predicted octanol–water partition coefficient (Wildman–Crippen LogP) is 2.78. The first-order chi connectivity index (χ1) is 5.27. The van der Waals surface area contributed by atoms with Crippen molar-refractivity contribution in [3.63, 3.8) is 0 Å². The van der Waals surface area contributed by atoms with Crippen molar-refractivity contribution in [1.29, 1.82) is 0 Å². The zero-order chi connectivity index (χ0) is 8.27. The maximum absolute atomic E-state index is 5.33. The first kappa shape index (κ1) is 9.22. The maximum atomic E-state index is 5.33. The first-order valence-corrected chi connectivity index (χ1v) is 4.79. The molecule has 64 valence electrons. The van der Waals surface area contributed by atoms with Gasteiger partial charge >= 0.3 is 0 Å². The van der Waals surface area contributed by atoms with Crippen LogP contribution in [0.1, 0.15) is 26.7 Å². The quantitative estimate of drug-likeness (QED) is 0.459. The van der Waals surface area contributed by atoms with Gasteiger partial charge in [0, 0.05) is 15.4 Å². The second-order valence-electron chi connectivity index (χ2n) is 3.34. The van der Waals surface area contributed by atoms with Gasteiger partial charge in [-0.25, -0.2) is 0 Å². The highest BCUT2D eigenvalue weighted by molar-refractivity contribution is 7.09. The third-order valence-corrected chi connectivity index (χ3v) is 2.76. The molecule has 1 aliphatic carbocycles. The molecule has 1 rings (SSSR count). The lowest BCUT2D eigenvalue weighted by Crippen LogP contribution is -2.24. The van der Waals surface area contributed by atoms with Crippen molar-refractivity contribution in [1.82, 2.24) is 0 Å². The van der Waals surface area contributed by atoms with Crippen LogP contribution in [0.25, 0.3) is 0 Å². The molecule has 11 heavy (non-hydrogen) atoms. The zero-order valence-corrected chi connectivity index (χ0v) is 8.44. The summed E-state index contributed by atoms with van der Waals surface area (Å²) in [5.74, 6) is 1.31. The van der Waals surface area contributed by atoms with E-state index in [1.165, 1.54) is 12.8 Å². The monoisotopic (exact) mass is 172 g/mol. The molecule has 4 atom stereocenters. The predicted molar refractivity (Wildman–Crippen MR) is 51.3 cm³/mol. The molecule has 0 radical (unpaired) electrons. The number of hydrogen-bond donors (Lipinski definition) is 0. The third kappa shape index (κ3) is 2.28. The normalized spacial score (nSPS) is 37.5. The summed E-state index contributed by atoms with van der Waals surface area (Å²) in [4.78, 5) is 0. The van der Waals surface area contributed by atoms with Gasteiger partial charge < -0.3 is 4.52 Å². The van der Waals surface area contributed by atoms with Crippen LogP contribution in [0.2, 0.25) is 0 Å². The molecule has 0 saturated heterocycles. The van der Waals surface area contributed by atoms with Gasteiger partial charge in [0.15, 0.2) is 0 Å². The minimum atomic E-state index is 0.421. The molecule has 0 N–H and O–H groups in total. The fourth-order valence-corrected chi connectivity index (χ4v) is 1.94. The van der Waals surface area contributed by atoms with Gasteiger partial charge in [0.25, 0.3) is 0 Å². The van der Waals surface area contributed by atoms with E-state index in [2.05, 4.69) is 35.5 Å². The molecule has 0 aromatic heterocycles. The molecule has 4 unspecified atom stereocenters. The van der Waals surface area contributed by atoms with E-state index in [1.807, 2.05) is 0 Å². The molecular formula is C9H17OP. The largest absolute Gasteiger partial charge is 0.362 e. The Morgan fingerprint density at radius 3 is 2.82 bits per heavy atom. The molecule has 0 fully saturated rings. The minimum absolute atomic E-state index is 0.421. The van der Waals surface area contributed by atoms with Gasteiger partial charge in [0.05, 0.1) is 6.10 Å². The fraction of sp³-hybridized carbons (Fsp3) is 0.778. The van der Waals surface area contributed by atoms with Crippen LogP contribution in [-0.4, -0.2) is 6.10 Å². The Hall–Kier alpha value is 0.130. The van der Waals surface area contributed by atoms with Gasteiger partial charge in [0.2, 0.25) is 0 Å². The molecule has 0 aromatic rings. The number of allylic oxidation sites excluding steroid dienone is 1. The lowest BCUT2D eigenvalue weighted by molar-refractivity contribution is 0.151. The van der Waals surface area contributed by atoms with Crippen molar-refractivity contribution >= 4 is 9.47 Å². The molecule has 0 saturated carbocycles. The van der Waals surface area contributed by atoms with Crippen LogP contribution in [0, 0.1) is 11.8 Å². The van der Waals surface area contributed by atoms with Crippen LogP contribution in [0.3, 0.4) is 0 Å². The molecule has 0 amide bonds. The summed E-state index contributed by atoms with van der Waals surface area (Å²) in [5.41, 5.74) is 0. The Morgan fingerprint density at radius 1 is 1.55 bits per heavy atom. The molecule has 0 bridgehead atoms. The average molecular weight is 172 g/mol. The second kappa shape index (κ2) is 4.23. The average Bonchev–Trinajstić information content (AvgIpc) is 2.04. The summed E-state index contributed by atoms with van der Waals surface area (Å²) in [6, 6.07) is 0. The van der Waals surface area contributed by atoms with E-state index in [-0.39, 0.29) is 0 Å². The van der Waals surface area contributed by atoms with Crippen LogP contribution in [0.5, 0.6) is 0 Å². The number of rotatable bonds is 2. The summed E-state index contributed by atoms with van der Waals surface area (Å²) >= 11 is 0. The Labute approximate surface area is 71.5 Å². The lowest BCUT2D eigenvalue weighted by atomic mass is 9.86. The van der Waals surface area contributed by atoms with E-state index >= 15 is 0 Å². The van der Waals surface area contributed by atoms with Gasteiger partial charge in [0.1, 0.15) is 0 Å². The molecule has 2 heteroatoms. The maximum Gasteiger partial charge on any atom is 0.0678 e. The summed E-state index contributed by atoms with van der Waals surface area (Å²) in [7, 11) is 2.38. The van der Waals surface area contributed by atoms with E-state index in [0.29, 0.717) is 17.9 Å². The SMILES string of the molecule is CCC1C=CC(C)CC1OP. The number of hydrogen-bond acceptors (Lipinski definition) is 1. The van der Waals surface area contributed by atoms with E-state index in [4.69, 9.17) is 4.52 Å². The Balaban J connectivity index is 2.56. The van der Waals surface area contributed by atoms with Crippen LogP contribution in [0.15, 0.2) is 12.2 Å². The van der Waals surface area contributed by atoms with Gasteiger partial charge in [-0.2, -0.15) is 0 Å². The van der Waals surface area contributed by atoms with Gasteiger partial charge in [-0.1, -0.05) is 26.0 Å². The topological polar surface area (TPSA) is 9.23 Å². The van der Waals surface area contributed by atoms with E-state index in [9.17, 15) is 0 Å². The zero-order valence-electron chi connectivity index (χ0n) is 7.29. The summed E-state index contributed by atoms with van der Waals surface area (Å²) in [5, 5.41) is 0. The van der Waals surface area contributed by atoms with Crippen molar-refractivity contribution in [3.8, 4) is 0 Å². The van der Waals surface area contributed by atoms with E-state index in [0.717, 1.165) is 0 Å². The third-order valence-electron chi connectivity index (χ3n) is 2.41. The Kier molecular flexibility index (Phi) is 3.54. The first-order valence-electron chi connectivity index (χ1n) is 4.31. The van der Waals surface area contributed by atoms with Gasteiger partial charge in [-0.15, -0.1) is 0 Å². The van der Waals surface area contributed by atoms with Crippen LogP contribution < -0.4 is 0 Å². The molecule has 0 heterocycles. The Bertz CT molecular complexity index is 144. The highest BCUT2D eigenvalue weighted by Gasteiger charge is 2.22. The summed E-state index contributed by atoms with van der Waals surface area (Å²) in [6.07, 6.45) is 7.36. The molecule has 0 aromatic carbocycles. The molecule has 0 aliphatic heterocycles. The molecule has 0 spiro atoms. The van der Waals surface area contributed by atoms with Crippen molar-refractivity contribution in [3.05, 3.63) is 12.2 Å². The van der Waals surface area contributed by atoms with Crippen molar-refractivity contribution < 1.29 is 4.52 Å². The Morgan fingerprint density at radius 2 is 2.27 bits per heavy atom. The highest BCUT2D eigenvalue weighted by Crippen LogP contribution is 2.28. The summed E-state index contributed by atoms with van der Waals surface area (Å²) in [6.45, 7) is 4.45. The summed E-state index contributed by atoms with van der Waals surface area (Å²) < 4.78 is 5.33. The minimum Gasteiger partial charge on any atom is -0.362 e. The standard InChI is InChI=1S/C9H17OP/c1-3-8-5-4-7(2)6-9(8)10-11/h4-5,7-9H,3,6,11H2,1-2H3. The van der Waals surface area contributed by atoms with Crippen LogP contribution in [0.4, 0.5) is 0 Å². The van der Waals surface area contributed by atoms with Crippen LogP contribution >= 0.6 is 9.47 Å². The van der Waals surface area contributed by atoms with E-state index in [1.54, 1.807) is 0 Å². The molecular weight excluding hydrogens is 155 g/mol. The van der Waals surface area contributed by atoms with Crippen molar-refractivity contribution in [2.45, 2.75) is 32.8 Å². The van der Waals surface area contributed by atoms with Crippen LogP contribution in [-0.2, 0) is 4.52 Å². The van der Waals surface area contributed by atoms with Crippen molar-refractivity contribution in [2.24, 2.45) is 11.8 Å². The van der Waals surface area contributed by atoms with Gasteiger partial charge in [-0.05, 0) is 18.8 Å². The smallest absolute Gasteiger partial charge is 0.0678 e. The fourth-order valence-electron chi connectivity index (χ4n) is 1.63. The van der Waals surface area contributed by atoms with E-state index < -0.39 is 0 Å². The molecule has 1 nitrogen and oxygen atoms in total.